The Balaban J connectivity index is 2.13. The molecule has 1 heteroatoms. The molecule has 0 saturated carbocycles. The van der Waals surface area contributed by atoms with E-state index in [0.717, 1.165) is 6.61 Å². The molecule has 0 aromatic heterocycles. The summed E-state index contributed by atoms with van der Waals surface area (Å²) in [6, 6.07) is 10.2. The van der Waals surface area contributed by atoms with E-state index in [0.29, 0.717) is 12.5 Å². The largest absolute Gasteiger partial charge is 0.376 e. The molecule has 1 nitrogen and oxygen atoms in total. The van der Waals surface area contributed by atoms with Gasteiger partial charge < -0.3 is 4.74 Å². The van der Waals surface area contributed by atoms with Crippen LogP contribution in [0.1, 0.15) is 19.4 Å². The lowest BCUT2D eigenvalue weighted by Crippen LogP contribution is -1.99. The predicted octanol–water partition coefficient (Wildman–Crippen LogP) is 3.06. The highest BCUT2D eigenvalue weighted by atomic mass is 16.5. The van der Waals surface area contributed by atoms with Gasteiger partial charge in [0.25, 0.3) is 0 Å². The van der Waals surface area contributed by atoms with Crippen molar-refractivity contribution in [2.75, 3.05) is 6.61 Å². The second kappa shape index (κ2) is 5.76. The molecular formula is C12H17O. The maximum atomic E-state index is 5.47. The molecule has 0 atom stereocenters. The van der Waals surface area contributed by atoms with Gasteiger partial charge in [0.15, 0.2) is 0 Å². The number of rotatable bonds is 5. The van der Waals surface area contributed by atoms with E-state index < -0.39 is 0 Å². The Morgan fingerprint density at radius 3 is 2.54 bits per heavy atom. The first kappa shape index (κ1) is 10.3. The first-order chi connectivity index (χ1) is 6.29. The molecule has 0 aliphatic rings. The quantitative estimate of drug-likeness (QED) is 0.628. The van der Waals surface area contributed by atoms with Gasteiger partial charge in [0.2, 0.25) is 0 Å². The van der Waals surface area contributed by atoms with Crippen LogP contribution in [0.25, 0.3) is 0 Å². The van der Waals surface area contributed by atoms with Gasteiger partial charge in [0.1, 0.15) is 0 Å². The van der Waals surface area contributed by atoms with E-state index >= 15 is 0 Å². The minimum Gasteiger partial charge on any atom is -0.376 e. The summed E-state index contributed by atoms with van der Waals surface area (Å²) in [7, 11) is 0. The first-order valence-electron chi connectivity index (χ1n) is 4.74. The van der Waals surface area contributed by atoms with Crippen LogP contribution in [-0.4, -0.2) is 6.61 Å². The van der Waals surface area contributed by atoms with Gasteiger partial charge in [-0.2, -0.15) is 0 Å². The fourth-order valence-electron chi connectivity index (χ4n) is 1.01. The Labute approximate surface area is 80.7 Å². The Morgan fingerprint density at radius 2 is 1.92 bits per heavy atom. The van der Waals surface area contributed by atoms with Gasteiger partial charge >= 0.3 is 0 Å². The van der Waals surface area contributed by atoms with E-state index in [4.69, 9.17) is 4.74 Å². The second-order valence-electron chi connectivity index (χ2n) is 3.48. The van der Waals surface area contributed by atoms with Crippen molar-refractivity contribution in [1.29, 1.82) is 0 Å². The van der Waals surface area contributed by atoms with Crippen LogP contribution in [0.5, 0.6) is 0 Å². The summed E-state index contributed by atoms with van der Waals surface area (Å²) >= 11 is 0. The molecule has 0 fully saturated rings. The van der Waals surface area contributed by atoms with Crippen molar-refractivity contribution in [3.8, 4) is 0 Å². The number of ether oxygens (including phenoxy) is 1. The van der Waals surface area contributed by atoms with Crippen LogP contribution in [0, 0.1) is 12.3 Å². The van der Waals surface area contributed by atoms with E-state index in [1.165, 1.54) is 5.56 Å². The molecule has 0 unspecified atom stereocenters. The van der Waals surface area contributed by atoms with Gasteiger partial charge in [-0.05, 0) is 17.9 Å². The molecule has 1 aromatic rings. The molecule has 1 rings (SSSR count). The molecule has 0 amide bonds. The highest BCUT2D eigenvalue weighted by Crippen LogP contribution is 2.02. The molecular weight excluding hydrogens is 160 g/mol. The average Bonchev–Trinajstić information content (AvgIpc) is 2.14. The third kappa shape index (κ3) is 4.69. The van der Waals surface area contributed by atoms with Crippen LogP contribution in [0.15, 0.2) is 30.3 Å². The van der Waals surface area contributed by atoms with Crippen LogP contribution < -0.4 is 0 Å². The molecule has 0 bridgehead atoms. The van der Waals surface area contributed by atoms with E-state index in [1.807, 2.05) is 18.2 Å². The van der Waals surface area contributed by atoms with E-state index in [2.05, 4.69) is 32.4 Å². The molecule has 13 heavy (non-hydrogen) atoms. The highest BCUT2D eigenvalue weighted by Gasteiger charge is 1.95. The standard InChI is InChI=1S/C12H17O/c1-11(2)8-9-13-10-12-6-4-3-5-7-12/h3-8,11H,9-10H2,1-2H3. The SMILES string of the molecule is CC(C)[CH]COCc1ccccc1. The third-order valence-corrected chi connectivity index (χ3v) is 1.80. The monoisotopic (exact) mass is 177 g/mol. The summed E-state index contributed by atoms with van der Waals surface area (Å²) in [5, 5.41) is 0. The van der Waals surface area contributed by atoms with Gasteiger partial charge in [0.05, 0.1) is 13.2 Å². The Kier molecular flexibility index (Phi) is 4.55. The number of hydrogen-bond acceptors (Lipinski definition) is 1. The molecule has 71 valence electrons. The maximum Gasteiger partial charge on any atom is 0.0717 e. The maximum absolute atomic E-state index is 5.47. The number of hydrogen-bond donors (Lipinski definition) is 0. The molecule has 0 N–H and O–H groups in total. The van der Waals surface area contributed by atoms with Crippen molar-refractivity contribution in [3.05, 3.63) is 42.3 Å². The molecule has 0 aliphatic heterocycles. The van der Waals surface area contributed by atoms with Gasteiger partial charge in [0, 0.05) is 0 Å². The lowest BCUT2D eigenvalue weighted by Gasteiger charge is -2.05. The summed E-state index contributed by atoms with van der Waals surface area (Å²) < 4.78 is 5.47. The zero-order valence-corrected chi connectivity index (χ0v) is 8.36. The van der Waals surface area contributed by atoms with Crippen LogP contribution in [-0.2, 0) is 11.3 Å². The summed E-state index contributed by atoms with van der Waals surface area (Å²) in [6.45, 7) is 5.77. The lowest BCUT2D eigenvalue weighted by molar-refractivity contribution is 0.135. The topological polar surface area (TPSA) is 9.23 Å². The zero-order valence-electron chi connectivity index (χ0n) is 8.36. The van der Waals surface area contributed by atoms with Gasteiger partial charge in [-0.1, -0.05) is 44.2 Å². The number of benzene rings is 1. The zero-order chi connectivity index (χ0) is 9.52. The van der Waals surface area contributed by atoms with Crippen LogP contribution in [0.2, 0.25) is 0 Å². The molecule has 0 aliphatic carbocycles. The minimum atomic E-state index is 0.607. The van der Waals surface area contributed by atoms with Crippen molar-refractivity contribution in [2.45, 2.75) is 20.5 Å². The Morgan fingerprint density at radius 1 is 1.23 bits per heavy atom. The van der Waals surface area contributed by atoms with Crippen LogP contribution in [0.3, 0.4) is 0 Å². The summed E-state index contributed by atoms with van der Waals surface area (Å²) in [6.07, 6.45) is 2.17. The van der Waals surface area contributed by atoms with Gasteiger partial charge in [-0.25, -0.2) is 0 Å². The normalized spacial score (nSPS) is 10.7. The van der Waals surface area contributed by atoms with Crippen LogP contribution >= 0.6 is 0 Å². The van der Waals surface area contributed by atoms with Gasteiger partial charge in [-0.15, -0.1) is 0 Å². The molecule has 0 heterocycles. The molecule has 0 saturated heterocycles. The van der Waals surface area contributed by atoms with Crippen molar-refractivity contribution in [1.82, 2.24) is 0 Å². The summed E-state index contributed by atoms with van der Waals surface area (Å²) in [5.41, 5.74) is 1.24. The third-order valence-electron chi connectivity index (χ3n) is 1.80. The second-order valence-corrected chi connectivity index (χ2v) is 3.48. The first-order valence-corrected chi connectivity index (χ1v) is 4.74. The smallest absolute Gasteiger partial charge is 0.0717 e. The predicted molar refractivity (Wildman–Crippen MR) is 55.2 cm³/mol. The molecule has 0 spiro atoms. The van der Waals surface area contributed by atoms with Crippen molar-refractivity contribution in [3.63, 3.8) is 0 Å². The van der Waals surface area contributed by atoms with E-state index in [1.54, 1.807) is 0 Å². The minimum absolute atomic E-state index is 0.607. The lowest BCUT2D eigenvalue weighted by atomic mass is 10.1. The Hall–Kier alpha value is -0.820. The fraction of sp³-hybridized carbons (Fsp3) is 0.417. The average molecular weight is 177 g/mol. The fourth-order valence-corrected chi connectivity index (χ4v) is 1.01. The van der Waals surface area contributed by atoms with E-state index in [9.17, 15) is 0 Å². The van der Waals surface area contributed by atoms with Gasteiger partial charge in [-0.3, -0.25) is 0 Å². The Bertz CT molecular complexity index is 216. The summed E-state index contributed by atoms with van der Waals surface area (Å²) in [5.74, 6) is 0.607. The van der Waals surface area contributed by atoms with Crippen molar-refractivity contribution >= 4 is 0 Å². The molecule has 1 aromatic carbocycles. The van der Waals surface area contributed by atoms with Crippen LogP contribution in [0.4, 0.5) is 0 Å². The summed E-state index contributed by atoms with van der Waals surface area (Å²) in [4.78, 5) is 0. The van der Waals surface area contributed by atoms with Crippen molar-refractivity contribution < 1.29 is 4.74 Å². The van der Waals surface area contributed by atoms with E-state index in [-0.39, 0.29) is 0 Å². The van der Waals surface area contributed by atoms with Crippen molar-refractivity contribution in [2.24, 2.45) is 5.92 Å². The highest BCUT2D eigenvalue weighted by molar-refractivity contribution is 5.13. The molecule has 1 radical (unpaired) electrons.